The molecule has 21 heavy (non-hydrogen) atoms. The van der Waals surface area contributed by atoms with Crippen LogP contribution in [0.1, 0.15) is 44.0 Å². The minimum absolute atomic E-state index is 0. The van der Waals surface area contributed by atoms with Crippen molar-refractivity contribution in [2.24, 2.45) is 5.73 Å². The molecule has 0 aliphatic heterocycles. The standard InChI is InChI=1S/C14H16BrN3O2.ClH/c1-9(19-11-5-2-4-10(15)8-11)12-17-13(18-20-12)14(16)6-3-7-14;/h2,4-5,8-9H,3,6-7,16H2,1H3;1H. The van der Waals surface area contributed by atoms with Gasteiger partial charge in [0, 0.05) is 4.47 Å². The van der Waals surface area contributed by atoms with E-state index < -0.39 is 5.54 Å². The van der Waals surface area contributed by atoms with Gasteiger partial charge < -0.3 is 15.0 Å². The van der Waals surface area contributed by atoms with E-state index in [-0.39, 0.29) is 18.5 Å². The van der Waals surface area contributed by atoms with Crippen molar-refractivity contribution >= 4 is 28.3 Å². The number of hydrogen-bond acceptors (Lipinski definition) is 5. The third kappa shape index (κ3) is 3.39. The van der Waals surface area contributed by atoms with Gasteiger partial charge in [-0.05, 0) is 44.4 Å². The highest BCUT2D eigenvalue weighted by Gasteiger charge is 2.39. The van der Waals surface area contributed by atoms with Gasteiger partial charge in [0.15, 0.2) is 11.9 Å². The number of hydrogen-bond donors (Lipinski definition) is 1. The van der Waals surface area contributed by atoms with Crippen LogP contribution in [-0.2, 0) is 5.54 Å². The monoisotopic (exact) mass is 373 g/mol. The number of rotatable bonds is 4. The first-order chi connectivity index (χ1) is 9.57. The van der Waals surface area contributed by atoms with Crippen LogP contribution in [-0.4, -0.2) is 10.1 Å². The molecule has 0 bridgehead atoms. The fourth-order valence-corrected chi connectivity index (χ4v) is 2.56. The molecule has 1 aliphatic rings. The van der Waals surface area contributed by atoms with E-state index in [1.165, 1.54) is 0 Å². The molecule has 0 amide bonds. The normalized spacial score (nSPS) is 17.5. The predicted octanol–water partition coefficient (Wildman–Crippen LogP) is 3.73. The summed E-state index contributed by atoms with van der Waals surface area (Å²) >= 11 is 3.41. The van der Waals surface area contributed by atoms with Gasteiger partial charge in [0.1, 0.15) is 5.75 Å². The Morgan fingerprint density at radius 3 is 2.81 bits per heavy atom. The Kier molecular flexibility index (Phi) is 4.91. The first-order valence-electron chi connectivity index (χ1n) is 6.62. The number of benzene rings is 1. The van der Waals surface area contributed by atoms with Crippen molar-refractivity contribution in [2.45, 2.75) is 37.8 Å². The Hall–Kier alpha value is -1.11. The van der Waals surface area contributed by atoms with Crippen LogP contribution in [0.4, 0.5) is 0 Å². The molecule has 0 spiro atoms. The molecule has 1 unspecified atom stereocenters. The second kappa shape index (κ2) is 6.34. The van der Waals surface area contributed by atoms with Gasteiger partial charge >= 0.3 is 0 Å². The van der Waals surface area contributed by atoms with Crippen molar-refractivity contribution in [3.63, 3.8) is 0 Å². The third-order valence-electron chi connectivity index (χ3n) is 3.59. The van der Waals surface area contributed by atoms with Crippen molar-refractivity contribution < 1.29 is 9.26 Å². The molecule has 2 N–H and O–H groups in total. The van der Waals surface area contributed by atoms with Crippen molar-refractivity contribution in [1.82, 2.24) is 10.1 Å². The summed E-state index contributed by atoms with van der Waals surface area (Å²) in [6.07, 6.45) is 2.62. The van der Waals surface area contributed by atoms with E-state index in [0.29, 0.717) is 11.7 Å². The fourth-order valence-electron chi connectivity index (χ4n) is 2.18. The molecule has 3 rings (SSSR count). The molecule has 0 radical (unpaired) electrons. The van der Waals surface area contributed by atoms with Gasteiger partial charge in [-0.25, -0.2) is 0 Å². The van der Waals surface area contributed by atoms with Crippen molar-refractivity contribution in [3.05, 3.63) is 40.5 Å². The molecule has 5 nitrogen and oxygen atoms in total. The summed E-state index contributed by atoms with van der Waals surface area (Å²) in [7, 11) is 0. The van der Waals surface area contributed by atoms with E-state index in [2.05, 4.69) is 26.1 Å². The Balaban J connectivity index is 0.00000161. The Labute approximate surface area is 137 Å². The topological polar surface area (TPSA) is 74.2 Å². The summed E-state index contributed by atoms with van der Waals surface area (Å²) in [6, 6.07) is 7.63. The molecule has 1 fully saturated rings. The van der Waals surface area contributed by atoms with Gasteiger partial charge in [-0.2, -0.15) is 4.98 Å². The Morgan fingerprint density at radius 2 is 2.19 bits per heavy atom. The second-order valence-electron chi connectivity index (χ2n) is 5.18. The fraction of sp³-hybridized carbons (Fsp3) is 0.429. The molecule has 1 aliphatic carbocycles. The van der Waals surface area contributed by atoms with Gasteiger partial charge in [0.05, 0.1) is 5.54 Å². The van der Waals surface area contributed by atoms with Crippen LogP contribution in [0.3, 0.4) is 0 Å². The molecule has 7 heteroatoms. The zero-order valence-corrected chi connectivity index (χ0v) is 14.0. The van der Waals surface area contributed by atoms with Crippen molar-refractivity contribution in [1.29, 1.82) is 0 Å². The van der Waals surface area contributed by atoms with Gasteiger partial charge in [0.25, 0.3) is 5.89 Å². The lowest BCUT2D eigenvalue weighted by atomic mass is 9.77. The molecule has 0 saturated heterocycles. The Bertz CT molecular complexity index is 616. The van der Waals surface area contributed by atoms with Crippen LogP contribution in [0.15, 0.2) is 33.3 Å². The number of nitrogens with two attached hydrogens (primary N) is 1. The van der Waals surface area contributed by atoms with Crippen molar-refractivity contribution in [3.8, 4) is 5.75 Å². The maximum absolute atomic E-state index is 6.18. The molecule has 1 heterocycles. The summed E-state index contributed by atoms with van der Waals surface area (Å²) in [5, 5.41) is 3.99. The minimum Gasteiger partial charge on any atom is -0.481 e. The molecule has 1 saturated carbocycles. The molecular formula is C14H17BrClN3O2. The van der Waals surface area contributed by atoms with Crippen LogP contribution in [0.5, 0.6) is 5.75 Å². The molecular weight excluding hydrogens is 358 g/mol. The van der Waals surface area contributed by atoms with E-state index in [9.17, 15) is 0 Å². The lowest BCUT2D eigenvalue weighted by Gasteiger charge is -2.34. The van der Waals surface area contributed by atoms with Crippen LogP contribution < -0.4 is 10.5 Å². The number of halogens is 2. The number of aromatic nitrogens is 2. The van der Waals surface area contributed by atoms with Gasteiger partial charge in [0.2, 0.25) is 0 Å². The predicted molar refractivity (Wildman–Crippen MR) is 84.4 cm³/mol. The van der Waals surface area contributed by atoms with Crippen LogP contribution in [0.25, 0.3) is 0 Å². The van der Waals surface area contributed by atoms with Gasteiger partial charge in [-0.15, -0.1) is 12.4 Å². The van der Waals surface area contributed by atoms with Gasteiger partial charge in [-0.1, -0.05) is 27.2 Å². The average Bonchev–Trinajstić information content (AvgIpc) is 2.86. The van der Waals surface area contributed by atoms with Gasteiger partial charge in [-0.3, -0.25) is 0 Å². The minimum atomic E-state index is -0.406. The zero-order valence-electron chi connectivity index (χ0n) is 11.6. The van der Waals surface area contributed by atoms with E-state index in [1.54, 1.807) is 0 Å². The third-order valence-corrected chi connectivity index (χ3v) is 4.08. The second-order valence-corrected chi connectivity index (χ2v) is 6.10. The molecule has 114 valence electrons. The van der Waals surface area contributed by atoms with Crippen LogP contribution in [0, 0.1) is 0 Å². The number of nitrogens with zero attached hydrogens (tertiary/aromatic N) is 2. The highest BCUT2D eigenvalue weighted by atomic mass is 79.9. The quantitative estimate of drug-likeness (QED) is 0.882. The highest BCUT2D eigenvalue weighted by molar-refractivity contribution is 9.10. The lowest BCUT2D eigenvalue weighted by molar-refractivity contribution is 0.174. The SMILES string of the molecule is CC(Oc1cccc(Br)c1)c1nc(C2(N)CCC2)no1.Cl. The summed E-state index contributed by atoms with van der Waals surface area (Å²) in [5.41, 5.74) is 5.77. The van der Waals surface area contributed by atoms with E-state index >= 15 is 0 Å². The molecule has 1 atom stereocenters. The Morgan fingerprint density at radius 1 is 1.43 bits per heavy atom. The summed E-state index contributed by atoms with van der Waals surface area (Å²) in [6.45, 7) is 1.88. The zero-order chi connectivity index (χ0) is 14.2. The first-order valence-corrected chi connectivity index (χ1v) is 7.41. The molecule has 1 aromatic carbocycles. The van der Waals surface area contributed by atoms with Crippen LogP contribution >= 0.6 is 28.3 Å². The molecule has 1 aromatic heterocycles. The maximum Gasteiger partial charge on any atom is 0.267 e. The summed E-state index contributed by atoms with van der Waals surface area (Å²) in [5.74, 6) is 1.79. The largest absolute Gasteiger partial charge is 0.481 e. The summed E-state index contributed by atoms with van der Waals surface area (Å²) < 4.78 is 12.0. The maximum atomic E-state index is 6.18. The first kappa shape index (κ1) is 16.3. The average molecular weight is 375 g/mol. The lowest BCUT2D eigenvalue weighted by Crippen LogP contribution is -2.44. The van der Waals surface area contributed by atoms with E-state index in [1.807, 2.05) is 31.2 Å². The number of ether oxygens (including phenoxy) is 1. The van der Waals surface area contributed by atoms with E-state index in [4.69, 9.17) is 15.0 Å². The highest BCUT2D eigenvalue weighted by Crippen LogP contribution is 2.37. The van der Waals surface area contributed by atoms with E-state index in [0.717, 1.165) is 29.5 Å². The molecule has 2 aromatic rings. The van der Waals surface area contributed by atoms with Crippen LogP contribution in [0.2, 0.25) is 0 Å². The summed E-state index contributed by atoms with van der Waals surface area (Å²) in [4.78, 5) is 4.38. The van der Waals surface area contributed by atoms with Crippen molar-refractivity contribution in [2.75, 3.05) is 0 Å². The smallest absolute Gasteiger partial charge is 0.267 e.